The zero-order valence-electron chi connectivity index (χ0n) is 9.57. The molecule has 0 spiro atoms. The molecular formula is C13H12F3NO. The van der Waals surface area contributed by atoms with Gasteiger partial charge in [0.1, 0.15) is 0 Å². The highest BCUT2D eigenvalue weighted by Crippen LogP contribution is 2.46. The first-order chi connectivity index (χ1) is 8.47. The second-order valence-electron chi connectivity index (χ2n) is 4.98. The molecule has 1 aromatic rings. The lowest BCUT2D eigenvalue weighted by Crippen LogP contribution is -2.28. The number of alkyl halides is 3. The Labute approximate surface area is 102 Å². The molecule has 1 aliphatic carbocycles. The molecular weight excluding hydrogens is 243 g/mol. The molecule has 1 amide bonds. The Morgan fingerprint density at radius 1 is 1.28 bits per heavy atom. The molecule has 18 heavy (non-hydrogen) atoms. The molecule has 1 saturated carbocycles. The third kappa shape index (κ3) is 1.87. The van der Waals surface area contributed by atoms with E-state index >= 15 is 0 Å². The smallest absolute Gasteiger partial charge is 0.338 e. The van der Waals surface area contributed by atoms with Gasteiger partial charge in [0.05, 0.1) is 5.56 Å². The molecule has 0 N–H and O–H groups in total. The van der Waals surface area contributed by atoms with Crippen molar-refractivity contribution in [2.24, 2.45) is 11.8 Å². The number of benzene rings is 1. The minimum Gasteiger partial charge on any atom is -0.338 e. The molecule has 0 bridgehead atoms. The Morgan fingerprint density at radius 2 is 2.00 bits per heavy atom. The molecule has 1 aliphatic heterocycles. The molecule has 2 unspecified atom stereocenters. The van der Waals surface area contributed by atoms with Crippen LogP contribution >= 0.6 is 0 Å². The summed E-state index contributed by atoms with van der Waals surface area (Å²) >= 11 is 0. The maximum absolute atomic E-state index is 12.8. The zero-order valence-corrected chi connectivity index (χ0v) is 9.57. The number of rotatable bonds is 2. The number of carbonyl (C=O) groups excluding carboxylic acids is 1. The molecule has 5 heteroatoms. The van der Waals surface area contributed by atoms with E-state index in [1.165, 1.54) is 12.1 Å². The molecule has 0 aromatic heterocycles. The number of halogens is 3. The number of amides is 1. The van der Waals surface area contributed by atoms with Gasteiger partial charge in [-0.2, -0.15) is 13.2 Å². The maximum Gasteiger partial charge on any atom is 0.416 e. The quantitative estimate of drug-likeness (QED) is 0.795. The highest BCUT2D eigenvalue weighted by molar-refractivity contribution is 5.84. The van der Waals surface area contributed by atoms with Gasteiger partial charge in [0.2, 0.25) is 5.91 Å². The molecule has 1 saturated heterocycles. The molecule has 1 heterocycles. The lowest BCUT2D eigenvalue weighted by Gasteiger charge is -2.21. The fourth-order valence-electron chi connectivity index (χ4n) is 2.64. The summed E-state index contributed by atoms with van der Waals surface area (Å²) in [7, 11) is 0. The van der Waals surface area contributed by atoms with Crippen LogP contribution in [0.4, 0.5) is 13.2 Å². The first-order valence-corrected chi connectivity index (χ1v) is 5.90. The van der Waals surface area contributed by atoms with Crippen molar-refractivity contribution in [3.05, 3.63) is 35.4 Å². The van der Waals surface area contributed by atoms with Gasteiger partial charge in [0, 0.05) is 19.0 Å². The summed E-state index contributed by atoms with van der Waals surface area (Å²) in [5, 5.41) is 0. The van der Waals surface area contributed by atoms with E-state index in [9.17, 15) is 18.0 Å². The number of hydrogen-bond donors (Lipinski definition) is 0. The summed E-state index contributed by atoms with van der Waals surface area (Å²) in [5.41, 5.74) is -0.460. The number of hydrogen-bond acceptors (Lipinski definition) is 1. The summed E-state index contributed by atoms with van der Waals surface area (Å²) in [6, 6.07) is 5.46. The summed E-state index contributed by atoms with van der Waals surface area (Å²) in [6.45, 7) is 0.678. The van der Waals surface area contributed by atoms with Gasteiger partial charge in [0.25, 0.3) is 0 Å². The normalized spacial score (nSPS) is 26.4. The van der Waals surface area contributed by atoms with Crippen molar-refractivity contribution >= 4 is 5.91 Å². The number of likely N-dealkylation sites (tertiary alicyclic amines) is 1. The van der Waals surface area contributed by atoms with Crippen molar-refractivity contribution in [2.45, 2.75) is 19.1 Å². The Bertz CT molecular complexity index is 497. The first kappa shape index (κ1) is 11.6. The lowest BCUT2D eigenvalue weighted by molar-refractivity contribution is -0.139. The van der Waals surface area contributed by atoms with Crippen molar-refractivity contribution in [1.29, 1.82) is 0 Å². The van der Waals surface area contributed by atoms with Crippen LogP contribution in [-0.4, -0.2) is 17.4 Å². The van der Waals surface area contributed by atoms with E-state index in [-0.39, 0.29) is 23.9 Å². The molecule has 0 radical (unpaired) electrons. The highest BCUT2D eigenvalue weighted by atomic mass is 19.4. The molecule has 96 valence electrons. The summed E-state index contributed by atoms with van der Waals surface area (Å²) in [4.78, 5) is 13.3. The maximum atomic E-state index is 12.8. The number of fused-ring (bicyclic) bond motifs is 1. The van der Waals surface area contributed by atoms with E-state index in [1.54, 1.807) is 11.0 Å². The predicted molar refractivity (Wildman–Crippen MR) is 58.5 cm³/mol. The average Bonchev–Trinajstić information content (AvgIpc) is 3.00. The Hall–Kier alpha value is -1.52. The van der Waals surface area contributed by atoms with Gasteiger partial charge in [0.15, 0.2) is 0 Å². The lowest BCUT2D eigenvalue weighted by atomic mass is 10.1. The summed E-state index contributed by atoms with van der Waals surface area (Å²) in [5.74, 6) is 0.482. The summed E-state index contributed by atoms with van der Waals surface area (Å²) < 4.78 is 38.4. The van der Waals surface area contributed by atoms with Crippen LogP contribution < -0.4 is 0 Å². The van der Waals surface area contributed by atoms with E-state index in [1.807, 2.05) is 0 Å². The number of nitrogens with zero attached hydrogens (tertiary/aromatic N) is 1. The fraction of sp³-hybridized carbons (Fsp3) is 0.462. The van der Waals surface area contributed by atoms with Gasteiger partial charge in [-0.25, -0.2) is 0 Å². The minimum absolute atomic E-state index is 0.0111. The molecule has 3 rings (SSSR count). The molecule has 2 nitrogen and oxygen atoms in total. The predicted octanol–water partition coefficient (Wildman–Crippen LogP) is 2.68. The Kier molecular flexibility index (Phi) is 2.40. The van der Waals surface area contributed by atoms with E-state index in [4.69, 9.17) is 0 Å². The van der Waals surface area contributed by atoms with E-state index in [0.717, 1.165) is 12.5 Å². The third-order valence-corrected chi connectivity index (χ3v) is 3.69. The van der Waals surface area contributed by atoms with Gasteiger partial charge in [-0.1, -0.05) is 18.2 Å². The molecule has 1 aromatic carbocycles. The van der Waals surface area contributed by atoms with Crippen LogP contribution in [0, 0.1) is 11.8 Å². The number of carbonyl (C=O) groups is 1. The van der Waals surface area contributed by atoms with Crippen LogP contribution in [0.15, 0.2) is 24.3 Å². The fourth-order valence-corrected chi connectivity index (χ4v) is 2.64. The van der Waals surface area contributed by atoms with E-state index in [2.05, 4.69) is 0 Å². The first-order valence-electron chi connectivity index (χ1n) is 5.90. The molecule has 2 aliphatic rings. The van der Waals surface area contributed by atoms with Gasteiger partial charge in [-0.15, -0.1) is 0 Å². The Balaban J connectivity index is 1.83. The zero-order chi connectivity index (χ0) is 12.9. The monoisotopic (exact) mass is 255 g/mol. The van der Waals surface area contributed by atoms with Crippen molar-refractivity contribution in [3.63, 3.8) is 0 Å². The van der Waals surface area contributed by atoms with Crippen molar-refractivity contribution in [3.8, 4) is 0 Å². The Morgan fingerprint density at radius 3 is 2.61 bits per heavy atom. The van der Waals surface area contributed by atoms with E-state index < -0.39 is 11.7 Å². The van der Waals surface area contributed by atoms with Crippen LogP contribution in [0.5, 0.6) is 0 Å². The average molecular weight is 255 g/mol. The van der Waals surface area contributed by atoms with E-state index in [0.29, 0.717) is 12.5 Å². The van der Waals surface area contributed by atoms with Crippen LogP contribution in [0.3, 0.4) is 0 Å². The van der Waals surface area contributed by atoms with Crippen molar-refractivity contribution in [2.75, 3.05) is 6.54 Å². The van der Waals surface area contributed by atoms with Crippen LogP contribution in [0.25, 0.3) is 0 Å². The van der Waals surface area contributed by atoms with Crippen molar-refractivity contribution < 1.29 is 18.0 Å². The summed E-state index contributed by atoms with van der Waals surface area (Å²) in [6.07, 6.45) is -3.45. The molecule has 2 atom stereocenters. The molecule has 2 fully saturated rings. The highest BCUT2D eigenvalue weighted by Gasteiger charge is 2.52. The van der Waals surface area contributed by atoms with Gasteiger partial charge in [-0.05, 0) is 24.0 Å². The second-order valence-corrected chi connectivity index (χ2v) is 4.98. The standard InChI is InChI=1S/C13H12F3NO/c14-13(15,16)11-4-2-1-3-8(11)6-17-7-9-5-10(9)12(17)18/h1-4,9-10H,5-7H2. The van der Waals surface area contributed by atoms with Crippen LogP contribution in [0.2, 0.25) is 0 Å². The van der Waals surface area contributed by atoms with Gasteiger partial charge in [-0.3, -0.25) is 4.79 Å². The van der Waals surface area contributed by atoms with Gasteiger partial charge < -0.3 is 4.90 Å². The largest absolute Gasteiger partial charge is 0.416 e. The topological polar surface area (TPSA) is 20.3 Å². The number of piperidine rings is 1. The van der Waals surface area contributed by atoms with Gasteiger partial charge >= 0.3 is 6.18 Å². The third-order valence-electron chi connectivity index (χ3n) is 3.69. The van der Waals surface area contributed by atoms with Crippen LogP contribution in [0.1, 0.15) is 17.5 Å². The second kappa shape index (κ2) is 3.73. The van der Waals surface area contributed by atoms with Crippen molar-refractivity contribution in [1.82, 2.24) is 4.90 Å². The minimum atomic E-state index is -4.36. The van der Waals surface area contributed by atoms with Crippen LogP contribution in [-0.2, 0) is 17.5 Å². The SMILES string of the molecule is O=C1C2CC2CN1Cc1ccccc1C(F)(F)F.